The topological polar surface area (TPSA) is 57.6 Å². The molecule has 0 aromatic carbocycles. The van der Waals surface area contributed by atoms with Crippen LogP contribution in [-0.4, -0.2) is 34.5 Å². The van der Waals surface area contributed by atoms with Gasteiger partial charge in [-0.05, 0) is 31.1 Å². The normalized spacial score (nSPS) is 38.7. The third kappa shape index (κ3) is 1.55. The molecule has 2 aliphatic carbocycles. The highest BCUT2D eigenvalue weighted by Crippen LogP contribution is 2.52. The number of nitrogens with zero attached hydrogens (tertiary/aromatic N) is 1. The van der Waals surface area contributed by atoms with Crippen molar-refractivity contribution in [3.05, 3.63) is 12.2 Å². The number of hydrogen-bond donors (Lipinski definition) is 1. The number of hydrogen-bond acceptors (Lipinski definition) is 3. The number of carbonyl (C=O) groups is 2. The number of fused-ring (bicyclic) bond motifs is 5. The second-order valence-corrected chi connectivity index (χ2v) is 5.68. The summed E-state index contributed by atoms with van der Waals surface area (Å²) in [5, 5.41) is 9.55. The van der Waals surface area contributed by atoms with Gasteiger partial charge in [-0.15, -0.1) is 0 Å². The summed E-state index contributed by atoms with van der Waals surface area (Å²) in [6.07, 6.45) is 5.91. The SMILES string of the molecule is CCC(O)CCN1C(=O)C2C3C=CC(C3)C2C1=O. The molecule has 1 saturated carbocycles. The molecule has 3 aliphatic rings. The Hall–Kier alpha value is -1.16. The zero-order chi connectivity index (χ0) is 12.9. The molecule has 1 aliphatic heterocycles. The average Bonchev–Trinajstić information content (AvgIpc) is 3.02. The van der Waals surface area contributed by atoms with Crippen molar-refractivity contribution in [1.82, 2.24) is 4.90 Å². The van der Waals surface area contributed by atoms with Crippen molar-refractivity contribution < 1.29 is 14.7 Å². The van der Waals surface area contributed by atoms with Gasteiger partial charge in [0.15, 0.2) is 0 Å². The van der Waals surface area contributed by atoms with Crippen LogP contribution in [0.5, 0.6) is 0 Å². The van der Waals surface area contributed by atoms with Gasteiger partial charge in [0.25, 0.3) is 0 Å². The van der Waals surface area contributed by atoms with Gasteiger partial charge in [0.2, 0.25) is 11.8 Å². The molecule has 0 radical (unpaired) electrons. The third-order valence-electron chi connectivity index (χ3n) is 4.72. The maximum atomic E-state index is 12.3. The molecule has 1 saturated heterocycles. The Morgan fingerprint density at radius 1 is 1.28 bits per heavy atom. The zero-order valence-corrected chi connectivity index (χ0v) is 10.6. The number of rotatable bonds is 4. The largest absolute Gasteiger partial charge is 0.393 e. The molecule has 0 spiro atoms. The van der Waals surface area contributed by atoms with Crippen LogP contribution in [0.1, 0.15) is 26.2 Å². The summed E-state index contributed by atoms with van der Waals surface area (Å²) in [5.41, 5.74) is 0. The summed E-state index contributed by atoms with van der Waals surface area (Å²) in [7, 11) is 0. The fourth-order valence-electron chi connectivity index (χ4n) is 3.67. The molecule has 18 heavy (non-hydrogen) atoms. The first kappa shape index (κ1) is 11.9. The minimum Gasteiger partial charge on any atom is -0.393 e. The number of imide groups is 1. The number of aliphatic hydroxyl groups excluding tert-OH is 1. The number of carbonyl (C=O) groups excluding carboxylic acids is 2. The number of aliphatic hydroxyl groups is 1. The Morgan fingerprint density at radius 2 is 1.83 bits per heavy atom. The fraction of sp³-hybridized carbons (Fsp3) is 0.714. The van der Waals surface area contributed by atoms with E-state index in [2.05, 4.69) is 12.2 Å². The molecule has 2 amide bonds. The lowest BCUT2D eigenvalue weighted by atomic mass is 9.85. The van der Waals surface area contributed by atoms with Gasteiger partial charge in [0.1, 0.15) is 0 Å². The van der Waals surface area contributed by atoms with E-state index in [9.17, 15) is 14.7 Å². The van der Waals surface area contributed by atoms with E-state index in [-0.39, 0.29) is 35.5 Å². The minimum atomic E-state index is -0.416. The smallest absolute Gasteiger partial charge is 0.233 e. The van der Waals surface area contributed by atoms with E-state index >= 15 is 0 Å². The molecular weight excluding hydrogens is 230 g/mol. The number of amides is 2. The maximum Gasteiger partial charge on any atom is 0.233 e. The Kier molecular flexibility index (Phi) is 2.77. The van der Waals surface area contributed by atoms with Gasteiger partial charge in [-0.2, -0.15) is 0 Å². The highest BCUT2D eigenvalue weighted by molar-refractivity contribution is 6.06. The van der Waals surface area contributed by atoms with Crippen LogP contribution in [0.25, 0.3) is 0 Å². The standard InChI is InChI=1S/C14H19NO3/c1-2-10(16)5-6-15-13(17)11-8-3-4-9(7-8)12(11)14(15)18/h3-4,8-12,16H,2,5-7H2,1H3. The van der Waals surface area contributed by atoms with Gasteiger partial charge >= 0.3 is 0 Å². The maximum absolute atomic E-state index is 12.3. The first-order valence-corrected chi connectivity index (χ1v) is 6.85. The Bertz CT molecular complexity index is 387. The molecule has 4 heteroatoms. The molecular formula is C14H19NO3. The van der Waals surface area contributed by atoms with Gasteiger partial charge in [-0.3, -0.25) is 14.5 Å². The van der Waals surface area contributed by atoms with Crippen LogP contribution in [0.3, 0.4) is 0 Å². The van der Waals surface area contributed by atoms with Crippen molar-refractivity contribution in [2.24, 2.45) is 23.7 Å². The highest BCUT2D eigenvalue weighted by atomic mass is 16.3. The third-order valence-corrected chi connectivity index (χ3v) is 4.72. The van der Waals surface area contributed by atoms with Crippen molar-refractivity contribution in [1.29, 1.82) is 0 Å². The van der Waals surface area contributed by atoms with Crippen molar-refractivity contribution >= 4 is 11.8 Å². The van der Waals surface area contributed by atoms with E-state index in [1.807, 2.05) is 6.92 Å². The summed E-state index contributed by atoms with van der Waals surface area (Å²) in [5.74, 6) is 0.322. The van der Waals surface area contributed by atoms with Gasteiger partial charge in [0, 0.05) is 6.54 Å². The summed E-state index contributed by atoms with van der Waals surface area (Å²) in [4.78, 5) is 25.9. The van der Waals surface area contributed by atoms with Crippen LogP contribution in [-0.2, 0) is 9.59 Å². The van der Waals surface area contributed by atoms with Crippen LogP contribution in [0.15, 0.2) is 12.2 Å². The quantitative estimate of drug-likeness (QED) is 0.596. The second kappa shape index (κ2) is 4.19. The zero-order valence-electron chi connectivity index (χ0n) is 10.6. The average molecular weight is 249 g/mol. The molecule has 3 rings (SSSR count). The lowest BCUT2D eigenvalue weighted by Crippen LogP contribution is -2.35. The fourth-order valence-corrected chi connectivity index (χ4v) is 3.67. The summed E-state index contributed by atoms with van der Waals surface area (Å²) >= 11 is 0. The van der Waals surface area contributed by atoms with Crippen LogP contribution in [0, 0.1) is 23.7 Å². The predicted molar refractivity (Wildman–Crippen MR) is 65.4 cm³/mol. The lowest BCUT2D eigenvalue weighted by Gasteiger charge is -2.18. The van der Waals surface area contributed by atoms with Crippen LogP contribution < -0.4 is 0 Å². The van der Waals surface area contributed by atoms with E-state index in [0.717, 1.165) is 6.42 Å². The van der Waals surface area contributed by atoms with Gasteiger partial charge in [-0.1, -0.05) is 19.1 Å². The predicted octanol–water partition coefficient (Wildman–Crippen LogP) is 0.955. The van der Waals surface area contributed by atoms with E-state index in [0.29, 0.717) is 19.4 Å². The monoisotopic (exact) mass is 249 g/mol. The van der Waals surface area contributed by atoms with Crippen LogP contribution >= 0.6 is 0 Å². The summed E-state index contributed by atoms with van der Waals surface area (Å²) in [6.45, 7) is 2.27. The molecule has 5 unspecified atom stereocenters. The minimum absolute atomic E-state index is 0.00912. The van der Waals surface area contributed by atoms with Gasteiger partial charge in [-0.25, -0.2) is 0 Å². The molecule has 98 valence electrons. The molecule has 4 nitrogen and oxygen atoms in total. The molecule has 1 N–H and O–H groups in total. The first-order valence-electron chi connectivity index (χ1n) is 6.85. The van der Waals surface area contributed by atoms with E-state index in [4.69, 9.17) is 0 Å². The van der Waals surface area contributed by atoms with Crippen molar-refractivity contribution in [3.63, 3.8) is 0 Å². The second-order valence-electron chi connectivity index (χ2n) is 5.68. The van der Waals surface area contributed by atoms with Crippen molar-refractivity contribution in [2.75, 3.05) is 6.54 Å². The Labute approximate surface area is 107 Å². The highest BCUT2D eigenvalue weighted by Gasteiger charge is 2.58. The van der Waals surface area contributed by atoms with E-state index in [1.54, 1.807) is 0 Å². The molecule has 2 bridgehead atoms. The molecule has 0 aromatic heterocycles. The summed E-state index contributed by atoms with van der Waals surface area (Å²) in [6, 6.07) is 0. The Morgan fingerprint density at radius 3 is 2.33 bits per heavy atom. The Balaban J connectivity index is 1.72. The van der Waals surface area contributed by atoms with E-state index in [1.165, 1.54) is 4.90 Å². The molecule has 5 atom stereocenters. The van der Waals surface area contributed by atoms with E-state index < -0.39 is 6.10 Å². The molecule has 0 aromatic rings. The number of allylic oxidation sites excluding steroid dienone is 2. The number of likely N-dealkylation sites (tertiary alicyclic amines) is 1. The van der Waals surface area contributed by atoms with Crippen molar-refractivity contribution in [3.8, 4) is 0 Å². The lowest BCUT2D eigenvalue weighted by molar-refractivity contribution is -0.141. The van der Waals surface area contributed by atoms with Crippen LogP contribution in [0.4, 0.5) is 0 Å². The summed E-state index contributed by atoms with van der Waals surface area (Å²) < 4.78 is 0. The van der Waals surface area contributed by atoms with Gasteiger partial charge < -0.3 is 5.11 Å². The van der Waals surface area contributed by atoms with Gasteiger partial charge in [0.05, 0.1) is 17.9 Å². The van der Waals surface area contributed by atoms with Crippen molar-refractivity contribution in [2.45, 2.75) is 32.3 Å². The first-order chi connectivity index (χ1) is 8.63. The molecule has 2 fully saturated rings. The molecule has 1 heterocycles. The van der Waals surface area contributed by atoms with Crippen LogP contribution in [0.2, 0.25) is 0 Å².